The van der Waals surface area contributed by atoms with Gasteiger partial charge in [0.1, 0.15) is 0 Å². The molecule has 0 aliphatic rings. The minimum atomic E-state index is -0.150. The fourth-order valence-electron chi connectivity index (χ4n) is 1.65. The number of aliphatic hydroxyl groups is 1. The second-order valence-corrected chi connectivity index (χ2v) is 5.29. The minimum absolute atomic E-state index is 0.0319. The van der Waals surface area contributed by atoms with E-state index in [1.807, 2.05) is 12.1 Å². The van der Waals surface area contributed by atoms with Crippen molar-refractivity contribution < 1.29 is 9.90 Å². The maximum atomic E-state index is 11.7. The van der Waals surface area contributed by atoms with E-state index in [9.17, 15) is 4.79 Å². The molecule has 0 atom stereocenters. The number of rotatable bonds is 5. The summed E-state index contributed by atoms with van der Waals surface area (Å²) in [6.07, 6.45) is 0. The van der Waals surface area contributed by atoms with E-state index in [-0.39, 0.29) is 19.1 Å². The quantitative estimate of drug-likeness (QED) is 0.703. The van der Waals surface area contributed by atoms with Crippen LogP contribution in [0, 0.1) is 0 Å². The third-order valence-electron chi connectivity index (χ3n) is 2.55. The van der Waals surface area contributed by atoms with Gasteiger partial charge in [0.15, 0.2) is 5.13 Å². The Morgan fingerprint density at radius 2 is 2.37 bits per heavy atom. The summed E-state index contributed by atoms with van der Waals surface area (Å²) >= 11 is 1.39. The van der Waals surface area contributed by atoms with Crippen LogP contribution in [0.4, 0.5) is 10.8 Å². The van der Waals surface area contributed by atoms with E-state index in [4.69, 9.17) is 10.8 Å². The molecule has 0 radical (unpaired) electrons. The molecule has 1 amide bonds. The molecular weight excluding hydrogens is 264 g/mol. The fraction of sp³-hybridized carbons (Fsp3) is 0.333. The summed E-state index contributed by atoms with van der Waals surface area (Å²) in [7, 11) is 1.77. The molecule has 0 fully saturated rings. The third-order valence-corrected chi connectivity index (χ3v) is 3.49. The first-order valence-electron chi connectivity index (χ1n) is 5.84. The first kappa shape index (κ1) is 13.7. The van der Waals surface area contributed by atoms with Crippen molar-refractivity contribution >= 4 is 38.3 Å². The zero-order valence-corrected chi connectivity index (χ0v) is 11.4. The Morgan fingerprint density at radius 1 is 1.58 bits per heavy atom. The van der Waals surface area contributed by atoms with Crippen LogP contribution < -0.4 is 11.1 Å². The second-order valence-electron chi connectivity index (χ2n) is 4.26. The largest absolute Gasteiger partial charge is 0.399 e. The number of amides is 1. The van der Waals surface area contributed by atoms with Crippen LogP contribution in [0.1, 0.15) is 0 Å². The lowest BCUT2D eigenvalue weighted by atomic mass is 10.3. The van der Waals surface area contributed by atoms with E-state index in [1.54, 1.807) is 18.0 Å². The lowest BCUT2D eigenvalue weighted by Gasteiger charge is -2.13. The molecule has 0 spiro atoms. The van der Waals surface area contributed by atoms with E-state index in [1.165, 1.54) is 11.3 Å². The molecule has 2 rings (SSSR count). The van der Waals surface area contributed by atoms with Gasteiger partial charge in [0.05, 0.1) is 23.4 Å². The molecule has 4 N–H and O–H groups in total. The van der Waals surface area contributed by atoms with Crippen molar-refractivity contribution in [2.45, 2.75) is 0 Å². The van der Waals surface area contributed by atoms with Gasteiger partial charge in [0.25, 0.3) is 0 Å². The van der Waals surface area contributed by atoms with E-state index in [0.717, 1.165) is 10.2 Å². The van der Waals surface area contributed by atoms with Gasteiger partial charge < -0.3 is 16.2 Å². The molecular formula is C12H16N4O2S. The number of fused-ring (bicyclic) bond motifs is 1. The van der Waals surface area contributed by atoms with Crippen molar-refractivity contribution in [2.24, 2.45) is 0 Å². The molecule has 0 aliphatic heterocycles. The summed E-state index contributed by atoms with van der Waals surface area (Å²) in [6.45, 7) is 0.715. The monoisotopic (exact) mass is 280 g/mol. The lowest BCUT2D eigenvalue weighted by Crippen LogP contribution is -2.32. The summed E-state index contributed by atoms with van der Waals surface area (Å²) < 4.78 is 0.944. The third kappa shape index (κ3) is 3.63. The molecule has 102 valence electrons. The van der Waals surface area contributed by atoms with Crippen LogP contribution in [-0.4, -0.2) is 47.6 Å². The SMILES string of the molecule is CN(CCO)CC(=O)Nc1nc2ccc(N)cc2s1. The number of aromatic nitrogens is 1. The van der Waals surface area contributed by atoms with Crippen LogP contribution in [0.2, 0.25) is 0 Å². The summed E-state index contributed by atoms with van der Waals surface area (Å²) in [5.41, 5.74) is 7.19. The molecule has 2 aromatic rings. The number of likely N-dealkylation sites (N-methyl/N-ethyl adjacent to an activating group) is 1. The zero-order valence-electron chi connectivity index (χ0n) is 10.6. The van der Waals surface area contributed by atoms with Crippen LogP contribution >= 0.6 is 11.3 Å². The molecule has 0 saturated heterocycles. The average molecular weight is 280 g/mol. The Labute approximate surface area is 114 Å². The highest BCUT2D eigenvalue weighted by Crippen LogP contribution is 2.27. The maximum absolute atomic E-state index is 11.7. The van der Waals surface area contributed by atoms with Crippen molar-refractivity contribution in [1.82, 2.24) is 9.88 Å². The molecule has 0 aliphatic carbocycles. The highest BCUT2D eigenvalue weighted by molar-refractivity contribution is 7.22. The number of nitrogens with two attached hydrogens (primary N) is 1. The van der Waals surface area contributed by atoms with Gasteiger partial charge in [-0.15, -0.1) is 0 Å². The predicted octanol–water partition coefficient (Wildman–Crippen LogP) is 0.741. The molecule has 19 heavy (non-hydrogen) atoms. The summed E-state index contributed by atoms with van der Waals surface area (Å²) in [5, 5.41) is 12.1. The van der Waals surface area contributed by atoms with Gasteiger partial charge >= 0.3 is 0 Å². The average Bonchev–Trinajstić information content (AvgIpc) is 2.70. The Morgan fingerprint density at radius 3 is 3.11 bits per heavy atom. The lowest BCUT2D eigenvalue weighted by molar-refractivity contribution is -0.117. The Hall–Kier alpha value is -1.70. The van der Waals surface area contributed by atoms with Crippen LogP contribution in [0.5, 0.6) is 0 Å². The smallest absolute Gasteiger partial charge is 0.240 e. The second kappa shape index (κ2) is 5.96. The van der Waals surface area contributed by atoms with Crippen LogP contribution in [0.15, 0.2) is 18.2 Å². The molecule has 6 nitrogen and oxygen atoms in total. The topological polar surface area (TPSA) is 91.5 Å². The number of nitrogen functional groups attached to an aromatic ring is 1. The van der Waals surface area contributed by atoms with Gasteiger partial charge in [-0.1, -0.05) is 11.3 Å². The van der Waals surface area contributed by atoms with Crippen molar-refractivity contribution in [3.63, 3.8) is 0 Å². The molecule has 1 aromatic carbocycles. The van der Waals surface area contributed by atoms with Crippen molar-refractivity contribution in [3.05, 3.63) is 18.2 Å². The Balaban J connectivity index is 2.02. The van der Waals surface area contributed by atoms with E-state index >= 15 is 0 Å². The van der Waals surface area contributed by atoms with E-state index < -0.39 is 0 Å². The number of nitrogens with one attached hydrogen (secondary N) is 1. The molecule has 0 unspecified atom stereocenters. The number of carbonyl (C=O) groups is 1. The van der Waals surface area contributed by atoms with Crippen LogP contribution in [0.3, 0.4) is 0 Å². The number of anilines is 2. The number of benzene rings is 1. The minimum Gasteiger partial charge on any atom is -0.399 e. The highest BCUT2D eigenvalue weighted by Gasteiger charge is 2.10. The first-order chi connectivity index (χ1) is 9.08. The highest BCUT2D eigenvalue weighted by atomic mass is 32.1. The number of thiazole rings is 1. The number of hydrogen-bond acceptors (Lipinski definition) is 6. The maximum Gasteiger partial charge on any atom is 0.240 e. The number of carbonyl (C=O) groups excluding carboxylic acids is 1. The van der Waals surface area contributed by atoms with Crippen molar-refractivity contribution in [2.75, 3.05) is 37.8 Å². The van der Waals surface area contributed by atoms with Gasteiger partial charge in [-0.3, -0.25) is 9.69 Å². The molecule has 0 saturated carbocycles. The molecule has 1 aromatic heterocycles. The standard InChI is InChI=1S/C12H16N4O2S/c1-16(4-5-17)7-11(18)15-12-14-9-3-2-8(13)6-10(9)19-12/h2-3,6,17H,4-5,7,13H2,1H3,(H,14,15,18). The van der Waals surface area contributed by atoms with Gasteiger partial charge in [-0.25, -0.2) is 4.98 Å². The molecule has 7 heteroatoms. The summed E-state index contributed by atoms with van der Waals surface area (Å²) in [5.74, 6) is -0.150. The van der Waals surface area contributed by atoms with E-state index in [0.29, 0.717) is 17.4 Å². The van der Waals surface area contributed by atoms with Gasteiger partial charge in [0, 0.05) is 12.2 Å². The summed E-state index contributed by atoms with van der Waals surface area (Å²) in [6, 6.07) is 5.44. The molecule has 1 heterocycles. The number of nitrogens with zero attached hydrogens (tertiary/aromatic N) is 2. The van der Waals surface area contributed by atoms with Gasteiger partial charge in [-0.05, 0) is 25.2 Å². The fourth-order valence-corrected chi connectivity index (χ4v) is 2.58. The zero-order chi connectivity index (χ0) is 13.8. The Bertz CT molecular complexity index is 584. The predicted molar refractivity (Wildman–Crippen MR) is 77.2 cm³/mol. The number of hydrogen-bond donors (Lipinski definition) is 3. The van der Waals surface area contributed by atoms with Gasteiger partial charge in [0.2, 0.25) is 5.91 Å². The first-order valence-corrected chi connectivity index (χ1v) is 6.65. The summed E-state index contributed by atoms with van der Waals surface area (Å²) in [4.78, 5) is 17.8. The van der Waals surface area contributed by atoms with Crippen LogP contribution in [-0.2, 0) is 4.79 Å². The Kier molecular flexibility index (Phi) is 4.31. The van der Waals surface area contributed by atoms with E-state index in [2.05, 4.69) is 10.3 Å². The van der Waals surface area contributed by atoms with Gasteiger partial charge in [-0.2, -0.15) is 0 Å². The molecule has 0 bridgehead atoms. The number of aliphatic hydroxyl groups excluding tert-OH is 1. The van der Waals surface area contributed by atoms with Crippen molar-refractivity contribution in [1.29, 1.82) is 0 Å². The van der Waals surface area contributed by atoms with Crippen molar-refractivity contribution in [3.8, 4) is 0 Å². The normalized spacial score (nSPS) is 11.1. The van der Waals surface area contributed by atoms with Crippen LogP contribution in [0.25, 0.3) is 10.2 Å².